The number of hydrogen-bond donors (Lipinski definition) is 2. The van der Waals surface area contributed by atoms with Gasteiger partial charge >= 0.3 is 12.1 Å². The molecule has 13 heteroatoms. The summed E-state index contributed by atoms with van der Waals surface area (Å²) < 4.78 is 16.5. The van der Waals surface area contributed by atoms with Crippen molar-refractivity contribution < 1.29 is 33.4 Å². The number of nitrogens with one attached hydrogen (secondary N) is 2. The van der Waals surface area contributed by atoms with E-state index < -0.39 is 18.2 Å². The number of carbonyl (C=O) groups excluding carboxylic acids is 4. The Morgan fingerprint density at radius 1 is 1.09 bits per heavy atom. The Hall–Kier alpha value is -4.10. The highest BCUT2D eigenvalue weighted by Gasteiger charge is 2.48. The van der Waals surface area contributed by atoms with Crippen LogP contribution in [0.15, 0.2) is 42.1 Å². The van der Waals surface area contributed by atoms with Crippen LogP contribution in [0.25, 0.3) is 6.08 Å². The Kier molecular flexibility index (Phi) is 10.8. The van der Waals surface area contributed by atoms with E-state index in [0.717, 1.165) is 11.3 Å². The molecule has 0 radical (unpaired) electrons. The maximum atomic E-state index is 13.7. The SMILES string of the molecule is COC(=O)c1c(C)[nH]c2c1C1C(=CC2OC(=O)N2CCN(CC(=O)NC(C)C)CC2)N(C(=O)/C=C/c2ccc(OC)cc2)C[C@H]1CBr. The Bertz CT molecular complexity index is 1560. The molecule has 2 N–H and O–H groups in total. The molecule has 0 bridgehead atoms. The number of carbonyl (C=O) groups is 4. The number of aryl methyl sites for hydroxylation is 1. The second-order valence-electron chi connectivity index (χ2n) is 12.3. The van der Waals surface area contributed by atoms with Crippen molar-refractivity contribution in [3.05, 3.63) is 70.2 Å². The Morgan fingerprint density at radius 3 is 2.40 bits per heavy atom. The fraction of sp³-hybridized carbons (Fsp3) is 0.471. The van der Waals surface area contributed by atoms with Crippen LogP contribution in [0.5, 0.6) is 5.75 Å². The minimum atomic E-state index is -0.870. The van der Waals surface area contributed by atoms with E-state index in [1.54, 1.807) is 29.9 Å². The van der Waals surface area contributed by atoms with Crippen LogP contribution in [-0.2, 0) is 19.1 Å². The first-order chi connectivity index (χ1) is 22.5. The van der Waals surface area contributed by atoms with Gasteiger partial charge in [0, 0.05) is 73.0 Å². The molecule has 0 saturated carbocycles. The van der Waals surface area contributed by atoms with E-state index in [2.05, 4.69) is 26.2 Å². The molecule has 252 valence electrons. The smallest absolute Gasteiger partial charge is 0.410 e. The van der Waals surface area contributed by atoms with Crippen LogP contribution in [0.2, 0.25) is 0 Å². The van der Waals surface area contributed by atoms with Gasteiger partial charge in [0.05, 0.1) is 32.0 Å². The normalized spacial score (nSPS) is 20.9. The first-order valence-corrected chi connectivity index (χ1v) is 16.9. The average molecular weight is 713 g/mol. The van der Waals surface area contributed by atoms with Gasteiger partial charge in [0.15, 0.2) is 6.10 Å². The Balaban J connectivity index is 1.40. The predicted molar refractivity (Wildman–Crippen MR) is 179 cm³/mol. The summed E-state index contributed by atoms with van der Waals surface area (Å²) >= 11 is 3.64. The largest absolute Gasteiger partial charge is 0.497 e. The third-order valence-corrected chi connectivity index (χ3v) is 9.59. The molecule has 3 aliphatic rings. The highest BCUT2D eigenvalue weighted by Crippen LogP contribution is 2.51. The van der Waals surface area contributed by atoms with Crippen molar-refractivity contribution in [3.8, 4) is 5.75 Å². The number of halogens is 1. The molecule has 2 aromatic rings. The van der Waals surface area contributed by atoms with E-state index in [0.29, 0.717) is 66.3 Å². The van der Waals surface area contributed by atoms with Crippen LogP contribution in [0.3, 0.4) is 0 Å². The maximum Gasteiger partial charge on any atom is 0.410 e. The molecular formula is C34H42BrN5O7. The van der Waals surface area contributed by atoms with E-state index in [-0.39, 0.29) is 36.2 Å². The first kappa shape index (κ1) is 34.2. The number of alkyl halides is 1. The monoisotopic (exact) mass is 711 g/mol. The molecule has 2 saturated heterocycles. The summed E-state index contributed by atoms with van der Waals surface area (Å²) in [5.41, 5.74) is 3.79. The third kappa shape index (κ3) is 7.41. The standard InChI is InChI=1S/C34H42BrN5O7/c1-20(2)36-27(41)19-38-12-14-39(15-13-38)34(44)47-26-16-25-30(31-29(33(43)46-5)21(3)37-32(26)31)23(17-35)18-40(25)28(42)11-8-22-6-9-24(45-4)10-7-22/h6-11,16,20,23,26,30,37H,12-15,17-19H2,1-5H3,(H,36,41)/b11-8+/t23-,26?,30?/m1/s1. The zero-order valence-corrected chi connectivity index (χ0v) is 29.0. The molecule has 1 aromatic carbocycles. The topological polar surface area (TPSA) is 134 Å². The van der Waals surface area contributed by atoms with Crippen molar-refractivity contribution in [1.29, 1.82) is 0 Å². The van der Waals surface area contributed by atoms with E-state index >= 15 is 0 Å². The number of benzene rings is 1. The number of allylic oxidation sites excluding steroid dienone is 1. The number of rotatable bonds is 9. The van der Waals surface area contributed by atoms with Gasteiger partial charge in [0.2, 0.25) is 5.91 Å². The van der Waals surface area contributed by atoms with Gasteiger partial charge in [0.1, 0.15) is 5.75 Å². The molecule has 0 spiro atoms. The molecular weight excluding hydrogens is 670 g/mol. The van der Waals surface area contributed by atoms with E-state index in [4.69, 9.17) is 14.2 Å². The van der Waals surface area contributed by atoms with Gasteiger partial charge in [0.25, 0.3) is 5.91 Å². The molecule has 3 atom stereocenters. The van der Waals surface area contributed by atoms with Crippen molar-refractivity contribution in [2.45, 2.75) is 38.8 Å². The number of esters is 1. The number of likely N-dealkylation sites (tertiary alicyclic amines) is 1. The average Bonchev–Trinajstić information content (AvgIpc) is 3.60. The highest BCUT2D eigenvalue weighted by molar-refractivity contribution is 9.09. The van der Waals surface area contributed by atoms with Crippen LogP contribution in [0, 0.1) is 12.8 Å². The second-order valence-corrected chi connectivity index (χ2v) is 12.9. The van der Waals surface area contributed by atoms with Gasteiger partial charge in [-0.25, -0.2) is 9.59 Å². The van der Waals surface area contributed by atoms with Gasteiger partial charge in [-0.1, -0.05) is 28.1 Å². The number of fused-ring (bicyclic) bond motifs is 3. The van der Waals surface area contributed by atoms with Gasteiger partial charge in [-0.05, 0) is 56.5 Å². The van der Waals surface area contributed by atoms with Crippen LogP contribution < -0.4 is 10.1 Å². The van der Waals surface area contributed by atoms with Crippen molar-refractivity contribution >= 4 is 45.9 Å². The Morgan fingerprint density at radius 2 is 1.79 bits per heavy atom. The molecule has 2 fully saturated rings. The fourth-order valence-corrected chi connectivity index (χ4v) is 7.09. The van der Waals surface area contributed by atoms with E-state index in [9.17, 15) is 19.2 Å². The van der Waals surface area contributed by atoms with Crippen LogP contribution in [-0.4, -0.2) is 108 Å². The van der Waals surface area contributed by atoms with Gasteiger partial charge in [-0.2, -0.15) is 0 Å². The number of ether oxygens (including phenoxy) is 3. The lowest BCUT2D eigenvalue weighted by atomic mass is 9.80. The number of H-pyrrole nitrogens is 1. The minimum absolute atomic E-state index is 0.0467. The third-order valence-electron chi connectivity index (χ3n) is 8.76. The molecule has 47 heavy (non-hydrogen) atoms. The van der Waals surface area contributed by atoms with Crippen molar-refractivity contribution in [2.24, 2.45) is 5.92 Å². The zero-order valence-electron chi connectivity index (χ0n) is 27.4. The van der Waals surface area contributed by atoms with Crippen molar-refractivity contribution in [1.82, 2.24) is 25.0 Å². The van der Waals surface area contributed by atoms with Gasteiger partial charge in [-0.15, -0.1) is 0 Å². The number of aromatic nitrogens is 1. The summed E-state index contributed by atoms with van der Waals surface area (Å²) in [6, 6.07) is 7.44. The predicted octanol–water partition coefficient (Wildman–Crippen LogP) is 3.99. The fourth-order valence-electron chi connectivity index (χ4n) is 6.51. The summed E-state index contributed by atoms with van der Waals surface area (Å²) in [4.78, 5) is 61.2. The molecule has 3 heterocycles. The van der Waals surface area contributed by atoms with Crippen LogP contribution in [0.1, 0.15) is 58.7 Å². The lowest BCUT2D eigenvalue weighted by Gasteiger charge is -2.35. The molecule has 3 amide bonds. The van der Waals surface area contributed by atoms with E-state index in [1.165, 1.54) is 13.2 Å². The summed E-state index contributed by atoms with van der Waals surface area (Å²) in [7, 11) is 2.93. The lowest BCUT2D eigenvalue weighted by molar-refractivity contribution is -0.124. The highest BCUT2D eigenvalue weighted by atomic mass is 79.9. The Labute approximate surface area is 283 Å². The number of nitrogens with zero attached hydrogens (tertiary/aromatic N) is 3. The lowest BCUT2D eigenvalue weighted by Crippen LogP contribution is -2.51. The first-order valence-electron chi connectivity index (χ1n) is 15.7. The quantitative estimate of drug-likeness (QED) is 0.227. The number of amides is 3. The number of hydrogen-bond acceptors (Lipinski definition) is 8. The molecule has 2 unspecified atom stereocenters. The molecule has 1 aliphatic carbocycles. The zero-order chi connectivity index (χ0) is 33.8. The van der Waals surface area contributed by atoms with E-state index in [1.807, 2.05) is 49.1 Å². The van der Waals surface area contributed by atoms with Crippen molar-refractivity contribution in [2.75, 3.05) is 58.8 Å². The summed E-state index contributed by atoms with van der Waals surface area (Å²) in [5.74, 6) is -0.405. The molecule has 1 aromatic heterocycles. The molecule has 12 nitrogen and oxygen atoms in total. The maximum absolute atomic E-state index is 13.7. The van der Waals surface area contributed by atoms with Crippen LogP contribution in [0.4, 0.5) is 4.79 Å². The van der Waals surface area contributed by atoms with Gasteiger partial charge in [-0.3, -0.25) is 14.5 Å². The van der Waals surface area contributed by atoms with Gasteiger partial charge < -0.3 is 34.3 Å². The number of methoxy groups -OCH3 is 2. The summed E-state index contributed by atoms with van der Waals surface area (Å²) in [5, 5.41) is 3.47. The number of aromatic amines is 1. The second kappa shape index (κ2) is 14.8. The summed E-state index contributed by atoms with van der Waals surface area (Å²) in [6.07, 6.45) is 3.71. The summed E-state index contributed by atoms with van der Waals surface area (Å²) in [6.45, 7) is 8.16. The minimum Gasteiger partial charge on any atom is -0.497 e. The number of piperazine rings is 1. The molecule has 5 rings (SSSR count). The molecule has 2 aliphatic heterocycles. The van der Waals surface area contributed by atoms with Crippen molar-refractivity contribution in [3.63, 3.8) is 0 Å². The van der Waals surface area contributed by atoms with Crippen LogP contribution >= 0.6 is 15.9 Å².